The maximum atomic E-state index is 7.14. The van der Waals surface area contributed by atoms with Gasteiger partial charge in [0.05, 0.1) is 16.8 Å². The maximum Gasteiger partial charge on any atom is 0.141 e. The summed E-state index contributed by atoms with van der Waals surface area (Å²) < 4.78 is 13.4. The number of fused-ring (bicyclic) bond motifs is 12. The van der Waals surface area contributed by atoms with E-state index >= 15 is 0 Å². The van der Waals surface area contributed by atoms with Crippen LogP contribution in [0.25, 0.3) is 55.6 Å². The molecule has 6 aliphatic rings. The summed E-state index contributed by atoms with van der Waals surface area (Å²) in [5.41, 5.74) is 12.8. The molecule has 5 aliphatic carbocycles. The third-order valence-electron chi connectivity index (χ3n) is 14.1. The van der Waals surface area contributed by atoms with Crippen LogP contribution in [0.15, 0.2) is 144 Å². The average Bonchev–Trinajstić information content (AvgIpc) is 3.74. The number of aromatic nitrogens is 2. The van der Waals surface area contributed by atoms with Crippen LogP contribution < -0.4 is 4.74 Å². The Balaban J connectivity index is 1.07. The molecular weight excluding hydrogens is 673 g/mol. The van der Waals surface area contributed by atoms with E-state index < -0.39 is 5.41 Å². The van der Waals surface area contributed by atoms with Gasteiger partial charge in [0.15, 0.2) is 0 Å². The Hall–Kier alpha value is -6.00. The van der Waals surface area contributed by atoms with Gasteiger partial charge in [-0.15, -0.1) is 0 Å². The fourth-order valence-corrected chi connectivity index (χ4v) is 12.3. The Kier molecular flexibility index (Phi) is 5.97. The van der Waals surface area contributed by atoms with Crippen molar-refractivity contribution in [1.29, 1.82) is 0 Å². The van der Waals surface area contributed by atoms with Gasteiger partial charge in [0.2, 0.25) is 0 Å². The lowest BCUT2D eigenvalue weighted by molar-refractivity contribution is -0.00929. The van der Waals surface area contributed by atoms with Crippen LogP contribution in [0.5, 0.6) is 11.5 Å². The van der Waals surface area contributed by atoms with Crippen molar-refractivity contribution in [1.82, 2.24) is 9.97 Å². The van der Waals surface area contributed by atoms with E-state index in [9.17, 15) is 0 Å². The quantitative estimate of drug-likeness (QED) is 0.183. The Bertz CT molecular complexity index is 2840. The van der Waals surface area contributed by atoms with Gasteiger partial charge in [-0.3, -0.25) is 0 Å². The number of para-hydroxylation sites is 3. The van der Waals surface area contributed by atoms with Crippen LogP contribution in [0.3, 0.4) is 0 Å². The lowest BCUT2D eigenvalue weighted by atomic mass is 9.49. The first-order chi connectivity index (χ1) is 27.1. The van der Waals surface area contributed by atoms with E-state index in [2.05, 4.69) is 127 Å². The van der Waals surface area contributed by atoms with E-state index in [1.165, 1.54) is 66.3 Å². The van der Waals surface area contributed by atoms with Crippen molar-refractivity contribution >= 4 is 21.9 Å². The van der Waals surface area contributed by atoms with Gasteiger partial charge in [0.25, 0.3) is 0 Å². The molecule has 1 spiro atoms. The minimum absolute atomic E-state index is 0.0127. The van der Waals surface area contributed by atoms with Crippen molar-refractivity contribution in [2.75, 3.05) is 0 Å². The number of benzene rings is 6. The number of ether oxygens (including phenoxy) is 1. The number of hydrogen-bond acceptors (Lipinski definition) is 4. The molecular formula is C51H38N2O2. The first-order valence-corrected chi connectivity index (χ1v) is 20.1. The zero-order valence-corrected chi connectivity index (χ0v) is 30.5. The summed E-state index contributed by atoms with van der Waals surface area (Å²) in [7, 11) is 0. The van der Waals surface area contributed by atoms with Crippen molar-refractivity contribution in [2.24, 2.45) is 17.8 Å². The third-order valence-corrected chi connectivity index (χ3v) is 14.1. The van der Waals surface area contributed by atoms with E-state index in [4.69, 9.17) is 19.1 Å². The summed E-state index contributed by atoms with van der Waals surface area (Å²) in [4.78, 5) is 11.3. The highest BCUT2D eigenvalue weighted by molar-refractivity contribution is 6.06. The number of hydrogen-bond donors (Lipinski definition) is 0. The highest BCUT2D eigenvalue weighted by atomic mass is 16.5. The molecule has 0 unspecified atom stereocenters. The molecule has 0 saturated heterocycles. The van der Waals surface area contributed by atoms with Crippen molar-refractivity contribution < 1.29 is 9.15 Å². The van der Waals surface area contributed by atoms with E-state index in [-0.39, 0.29) is 5.41 Å². The fraction of sp³-hybridized carbons (Fsp3) is 0.216. The molecule has 1 aliphatic heterocycles. The number of furan rings is 1. The van der Waals surface area contributed by atoms with Gasteiger partial charge in [-0.25, -0.2) is 9.97 Å². The minimum atomic E-state index is -0.528. The topological polar surface area (TPSA) is 48.2 Å². The van der Waals surface area contributed by atoms with Crippen LogP contribution in [0.1, 0.15) is 66.6 Å². The van der Waals surface area contributed by atoms with Crippen LogP contribution >= 0.6 is 0 Å². The molecule has 2 aromatic heterocycles. The molecule has 55 heavy (non-hydrogen) atoms. The normalized spacial score (nSPS) is 23.4. The Morgan fingerprint density at radius 3 is 1.85 bits per heavy atom. The summed E-state index contributed by atoms with van der Waals surface area (Å²) in [5.74, 6) is 5.13. The Morgan fingerprint density at radius 2 is 1.09 bits per heavy atom. The second-order valence-corrected chi connectivity index (χ2v) is 17.1. The minimum Gasteiger partial charge on any atom is -0.456 e. The summed E-state index contributed by atoms with van der Waals surface area (Å²) in [5, 5.41) is 2.24. The lowest BCUT2D eigenvalue weighted by Crippen LogP contribution is -2.49. The molecule has 8 aromatic rings. The van der Waals surface area contributed by atoms with E-state index in [0.29, 0.717) is 0 Å². The van der Waals surface area contributed by atoms with Gasteiger partial charge in [-0.2, -0.15) is 0 Å². The van der Waals surface area contributed by atoms with Crippen LogP contribution in [-0.4, -0.2) is 9.97 Å². The summed E-state index contributed by atoms with van der Waals surface area (Å²) in [6, 6.07) is 50.3. The smallest absolute Gasteiger partial charge is 0.141 e. The van der Waals surface area contributed by atoms with Gasteiger partial charge in [-0.1, -0.05) is 97.1 Å². The summed E-state index contributed by atoms with van der Waals surface area (Å²) >= 11 is 0. The van der Waals surface area contributed by atoms with Crippen LogP contribution in [0, 0.1) is 17.8 Å². The van der Waals surface area contributed by atoms with Gasteiger partial charge < -0.3 is 9.15 Å². The van der Waals surface area contributed by atoms with Crippen molar-refractivity contribution in [2.45, 2.75) is 49.4 Å². The predicted molar refractivity (Wildman–Crippen MR) is 217 cm³/mol. The van der Waals surface area contributed by atoms with Gasteiger partial charge in [-0.05, 0) is 121 Å². The first-order valence-electron chi connectivity index (χ1n) is 20.1. The molecule has 0 amide bonds. The first kappa shape index (κ1) is 30.3. The average molecular weight is 711 g/mol. The lowest BCUT2D eigenvalue weighted by Gasteiger charge is -2.56. The van der Waals surface area contributed by atoms with Gasteiger partial charge in [0.1, 0.15) is 28.5 Å². The number of rotatable bonds is 3. The molecule has 4 bridgehead atoms. The van der Waals surface area contributed by atoms with E-state index in [1.54, 1.807) is 0 Å². The Morgan fingerprint density at radius 1 is 0.491 bits per heavy atom. The molecule has 6 aromatic carbocycles. The molecule has 3 heterocycles. The SMILES string of the molecule is c1ccc2c(c1)Oc1c(-c3cc(-c4ccc5oc6ccccc6c5c4)nc(C45CC6CC(CC(C6)C4)C5)n3)cccc1C21c2ccccc2-c2ccccc21. The molecule has 0 radical (unpaired) electrons. The van der Waals surface area contributed by atoms with Crippen molar-refractivity contribution in [3.63, 3.8) is 0 Å². The Labute approximate surface area is 319 Å². The second-order valence-electron chi connectivity index (χ2n) is 17.1. The number of nitrogens with zero attached hydrogens (tertiary/aromatic N) is 2. The summed E-state index contributed by atoms with van der Waals surface area (Å²) in [6.07, 6.45) is 7.71. The highest BCUT2D eigenvalue weighted by Gasteiger charge is 2.54. The maximum absolute atomic E-state index is 7.14. The molecule has 4 fully saturated rings. The summed E-state index contributed by atoms with van der Waals surface area (Å²) in [6.45, 7) is 0. The van der Waals surface area contributed by atoms with Gasteiger partial charge >= 0.3 is 0 Å². The van der Waals surface area contributed by atoms with E-state index in [1.807, 2.05) is 12.1 Å². The zero-order valence-electron chi connectivity index (χ0n) is 30.5. The molecule has 4 saturated carbocycles. The molecule has 0 atom stereocenters. The molecule has 4 nitrogen and oxygen atoms in total. The molecule has 4 heteroatoms. The largest absolute Gasteiger partial charge is 0.456 e. The van der Waals surface area contributed by atoms with Crippen LogP contribution in [-0.2, 0) is 10.8 Å². The monoisotopic (exact) mass is 710 g/mol. The van der Waals surface area contributed by atoms with Crippen molar-refractivity contribution in [3.8, 4) is 45.1 Å². The third kappa shape index (κ3) is 4.07. The zero-order chi connectivity index (χ0) is 35.9. The highest BCUT2D eigenvalue weighted by Crippen LogP contribution is 2.64. The fourth-order valence-electron chi connectivity index (χ4n) is 12.3. The molecule has 14 rings (SSSR count). The molecule has 0 N–H and O–H groups in total. The van der Waals surface area contributed by atoms with Crippen molar-refractivity contribution in [3.05, 3.63) is 168 Å². The second kappa shape index (κ2) is 10.8. The van der Waals surface area contributed by atoms with Crippen LogP contribution in [0.2, 0.25) is 0 Å². The predicted octanol–water partition coefficient (Wildman–Crippen LogP) is 12.6. The molecule has 264 valence electrons. The van der Waals surface area contributed by atoms with Gasteiger partial charge in [0, 0.05) is 38.4 Å². The standard InChI is InChI=1S/C51H38N2O2/c1-4-14-39-34(10-1)35-11-2-5-15-40(35)51(39)41-16-6-8-19-47(41)55-48-37(13-9-17-42(48)51)44-26-43(33-20-21-46-38(25-33)36-12-3-7-18-45(36)54-46)52-49(53-44)50-27-30-22-31(28-50)24-32(23-30)29-50/h1-21,25-26,30-32H,22-24,27-29H2. The van der Waals surface area contributed by atoms with Crippen LogP contribution in [0.4, 0.5) is 0 Å². The van der Waals surface area contributed by atoms with E-state index in [0.717, 1.165) is 85.1 Å².